The Bertz CT molecular complexity index is 1070. The van der Waals surface area contributed by atoms with Crippen molar-refractivity contribution in [3.8, 4) is 11.5 Å². The molecule has 8 heteroatoms. The van der Waals surface area contributed by atoms with Gasteiger partial charge in [-0.3, -0.25) is 9.36 Å². The lowest BCUT2D eigenvalue weighted by molar-refractivity contribution is -0.117. The van der Waals surface area contributed by atoms with Crippen LogP contribution in [-0.4, -0.2) is 39.6 Å². The van der Waals surface area contributed by atoms with Crippen LogP contribution in [0.2, 0.25) is 0 Å². The monoisotopic (exact) mass is 436 g/mol. The predicted octanol–water partition coefficient (Wildman–Crippen LogP) is 4.12. The average molecular weight is 437 g/mol. The summed E-state index contributed by atoms with van der Waals surface area (Å²) in [6.45, 7) is 6.56. The van der Waals surface area contributed by atoms with Crippen LogP contribution in [0.25, 0.3) is 0 Å². The predicted molar refractivity (Wildman–Crippen MR) is 121 cm³/mol. The van der Waals surface area contributed by atoms with Crippen molar-refractivity contribution in [3.05, 3.63) is 73.1 Å². The minimum Gasteiger partial charge on any atom is -0.485 e. The van der Waals surface area contributed by atoms with Crippen LogP contribution in [0.5, 0.6) is 11.5 Å². The summed E-state index contributed by atoms with van der Waals surface area (Å²) >= 11 is 1.37. The van der Waals surface area contributed by atoms with Crippen LogP contribution in [0.15, 0.2) is 72.4 Å². The van der Waals surface area contributed by atoms with E-state index in [1.54, 1.807) is 18.0 Å². The van der Waals surface area contributed by atoms with Gasteiger partial charge in [-0.05, 0) is 31.2 Å². The molecule has 2 atom stereocenters. The highest BCUT2D eigenvalue weighted by Crippen LogP contribution is 2.36. The fourth-order valence-electron chi connectivity index (χ4n) is 3.33. The summed E-state index contributed by atoms with van der Waals surface area (Å²) in [5.41, 5.74) is 0.847. The summed E-state index contributed by atoms with van der Waals surface area (Å²) in [6.07, 6.45) is 1.38. The van der Waals surface area contributed by atoms with Crippen molar-refractivity contribution in [1.82, 2.24) is 14.8 Å². The highest BCUT2D eigenvalue weighted by molar-refractivity contribution is 8.00. The number of hydrogen-bond donors (Lipinski definition) is 0. The summed E-state index contributed by atoms with van der Waals surface area (Å²) in [7, 11) is 1.78. The number of carbonyl (C=O) groups excluding carboxylic acids is 1. The zero-order valence-electron chi connectivity index (χ0n) is 17.5. The molecule has 2 heterocycles. The molecule has 0 aliphatic carbocycles. The minimum absolute atomic E-state index is 0.0166. The minimum atomic E-state index is -0.394. The van der Waals surface area contributed by atoms with E-state index in [-0.39, 0.29) is 11.2 Å². The van der Waals surface area contributed by atoms with Crippen LogP contribution in [0.1, 0.15) is 18.9 Å². The molecule has 160 valence electrons. The molecule has 0 spiro atoms. The van der Waals surface area contributed by atoms with Gasteiger partial charge in [0, 0.05) is 19.3 Å². The Morgan fingerprint density at radius 2 is 1.94 bits per heavy atom. The van der Waals surface area contributed by atoms with Gasteiger partial charge in [-0.25, -0.2) is 0 Å². The molecule has 0 N–H and O–H groups in total. The third-order valence-corrected chi connectivity index (χ3v) is 6.03. The maximum absolute atomic E-state index is 12.9. The molecule has 1 amide bonds. The van der Waals surface area contributed by atoms with E-state index in [1.165, 1.54) is 11.8 Å². The van der Waals surface area contributed by atoms with Crippen LogP contribution < -0.4 is 14.4 Å². The van der Waals surface area contributed by atoms with Gasteiger partial charge in [0.15, 0.2) is 28.6 Å². The maximum Gasteiger partial charge on any atom is 0.240 e. The molecular formula is C23H24N4O3S. The number of ether oxygens (including phenoxy) is 2. The van der Waals surface area contributed by atoms with Crippen LogP contribution in [0, 0.1) is 0 Å². The van der Waals surface area contributed by atoms with E-state index in [0.717, 1.165) is 5.69 Å². The lowest BCUT2D eigenvalue weighted by Crippen LogP contribution is -2.33. The lowest BCUT2D eigenvalue weighted by atomic mass is 10.2. The summed E-state index contributed by atoms with van der Waals surface area (Å²) in [6, 6.07) is 17.1. The fraction of sp³-hybridized carbons (Fsp3) is 0.261. The first-order chi connectivity index (χ1) is 15.1. The second-order valence-electron chi connectivity index (χ2n) is 7.10. The van der Waals surface area contributed by atoms with Crippen molar-refractivity contribution in [1.29, 1.82) is 0 Å². The second-order valence-corrected chi connectivity index (χ2v) is 8.41. The van der Waals surface area contributed by atoms with Gasteiger partial charge in [0.05, 0.1) is 5.25 Å². The Balaban J connectivity index is 1.52. The van der Waals surface area contributed by atoms with Gasteiger partial charge >= 0.3 is 0 Å². The second kappa shape index (κ2) is 9.26. The molecule has 7 nitrogen and oxygen atoms in total. The Labute approximate surface area is 185 Å². The number of benzene rings is 2. The number of nitrogens with zero attached hydrogens (tertiary/aromatic N) is 4. The Kier molecular flexibility index (Phi) is 6.27. The highest BCUT2D eigenvalue weighted by Gasteiger charge is 2.30. The van der Waals surface area contributed by atoms with Crippen LogP contribution in [0.3, 0.4) is 0 Å². The highest BCUT2D eigenvalue weighted by atomic mass is 32.2. The molecule has 2 aromatic carbocycles. The van der Waals surface area contributed by atoms with E-state index in [4.69, 9.17) is 9.47 Å². The van der Waals surface area contributed by atoms with Gasteiger partial charge in [-0.2, -0.15) is 0 Å². The number of aromatic nitrogens is 3. The van der Waals surface area contributed by atoms with Crippen molar-refractivity contribution >= 4 is 23.4 Å². The van der Waals surface area contributed by atoms with E-state index < -0.39 is 6.10 Å². The molecule has 0 radical (unpaired) electrons. The molecule has 1 aliphatic rings. The molecule has 3 aromatic rings. The Morgan fingerprint density at radius 3 is 2.68 bits per heavy atom. The summed E-state index contributed by atoms with van der Waals surface area (Å²) in [5, 5.41) is 8.99. The van der Waals surface area contributed by atoms with Crippen molar-refractivity contribution in [2.24, 2.45) is 0 Å². The quantitative estimate of drug-likeness (QED) is 0.410. The Morgan fingerprint density at radius 1 is 1.23 bits per heavy atom. The first kappa shape index (κ1) is 21.0. The zero-order chi connectivity index (χ0) is 21.8. The van der Waals surface area contributed by atoms with E-state index >= 15 is 0 Å². The van der Waals surface area contributed by atoms with Gasteiger partial charge in [0.1, 0.15) is 6.61 Å². The van der Waals surface area contributed by atoms with Crippen LogP contribution in [-0.2, 0) is 11.3 Å². The van der Waals surface area contributed by atoms with Gasteiger partial charge in [-0.1, -0.05) is 48.2 Å². The van der Waals surface area contributed by atoms with Gasteiger partial charge in [0.25, 0.3) is 0 Å². The largest absolute Gasteiger partial charge is 0.485 e. The van der Waals surface area contributed by atoms with Gasteiger partial charge in [-0.15, -0.1) is 16.8 Å². The van der Waals surface area contributed by atoms with Crippen LogP contribution >= 0.6 is 11.8 Å². The van der Waals surface area contributed by atoms with E-state index in [0.29, 0.717) is 35.6 Å². The topological polar surface area (TPSA) is 69.5 Å². The van der Waals surface area contributed by atoms with E-state index in [2.05, 4.69) is 16.8 Å². The van der Waals surface area contributed by atoms with E-state index in [9.17, 15) is 4.79 Å². The zero-order valence-corrected chi connectivity index (χ0v) is 18.3. The summed E-state index contributed by atoms with van der Waals surface area (Å²) in [5.74, 6) is 2.02. The summed E-state index contributed by atoms with van der Waals surface area (Å²) in [4.78, 5) is 14.6. The molecule has 0 fully saturated rings. The molecule has 31 heavy (non-hydrogen) atoms. The number of carbonyl (C=O) groups is 1. The number of anilines is 1. The number of para-hydroxylation sites is 3. The molecule has 0 saturated carbocycles. The third-order valence-electron chi connectivity index (χ3n) is 4.96. The Hall–Kier alpha value is -3.26. The molecular weight excluding hydrogens is 412 g/mol. The van der Waals surface area contributed by atoms with Gasteiger partial charge in [0.2, 0.25) is 5.91 Å². The number of fused-ring (bicyclic) bond motifs is 1. The third kappa shape index (κ3) is 4.44. The molecule has 4 rings (SSSR count). The smallest absolute Gasteiger partial charge is 0.240 e. The number of hydrogen-bond acceptors (Lipinski definition) is 6. The SMILES string of the molecule is C=CCn1c(S[C@H](C)C(=O)N(C)c2ccccc2)nnc1[C@@H]1COc2ccccc2O1. The van der Waals surface area contributed by atoms with Gasteiger partial charge < -0.3 is 14.4 Å². The fourth-order valence-corrected chi connectivity index (χ4v) is 4.29. The lowest BCUT2D eigenvalue weighted by Gasteiger charge is -2.26. The summed E-state index contributed by atoms with van der Waals surface area (Å²) < 4.78 is 13.9. The number of rotatable bonds is 7. The van der Waals surface area contributed by atoms with Crippen molar-refractivity contribution in [2.45, 2.75) is 30.0 Å². The molecule has 0 bridgehead atoms. The molecule has 1 aromatic heterocycles. The molecule has 1 aliphatic heterocycles. The first-order valence-electron chi connectivity index (χ1n) is 10.00. The number of amides is 1. The van der Waals surface area contributed by atoms with E-state index in [1.807, 2.05) is 66.1 Å². The number of thioether (sulfide) groups is 1. The standard InChI is InChI=1S/C23H24N4O3S/c1-4-14-27-21(20-15-29-18-12-8-9-13-19(18)30-20)24-25-23(27)31-16(2)22(28)26(3)17-10-6-5-7-11-17/h4-13,16,20H,1,14-15H2,2-3H3/t16-,20+/m1/s1. The van der Waals surface area contributed by atoms with Crippen molar-refractivity contribution < 1.29 is 14.3 Å². The average Bonchev–Trinajstić information content (AvgIpc) is 3.20. The normalized spacial score (nSPS) is 15.9. The maximum atomic E-state index is 12.9. The van der Waals surface area contributed by atoms with Crippen molar-refractivity contribution in [2.75, 3.05) is 18.6 Å². The van der Waals surface area contributed by atoms with Crippen LogP contribution in [0.4, 0.5) is 5.69 Å². The molecule has 0 saturated heterocycles. The molecule has 0 unspecified atom stereocenters. The number of allylic oxidation sites excluding steroid dienone is 1. The first-order valence-corrected chi connectivity index (χ1v) is 10.9. The van der Waals surface area contributed by atoms with Crippen molar-refractivity contribution in [3.63, 3.8) is 0 Å².